The molecule has 0 fully saturated rings. The SMILES string of the molecule is C\C=C(/C=C\C=N\O)CN1C(=O)c2c(Cl)ccc(NS(=O)(=O)c3ccc(C(C)(C)C#N)cc3)c2C1=O. The van der Waals surface area contributed by atoms with Crippen LogP contribution >= 0.6 is 11.6 Å². The number of anilines is 1. The monoisotopic (exact) mass is 526 g/mol. The van der Waals surface area contributed by atoms with Gasteiger partial charge in [-0.15, -0.1) is 0 Å². The van der Waals surface area contributed by atoms with Gasteiger partial charge in [0.1, 0.15) is 0 Å². The minimum Gasteiger partial charge on any atom is -0.411 e. The van der Waals surface area contributed by atoms with Crippen LogP contribution in [0.2, 0.25) is 5.02 Å². The van der Waals surface area contributed by atoms with E-state index < -0.39 is 27.3 Å². The van der Waals surface area contributed by atoms with Crippen LogP contribution in [0.25, 0.3) is 0 Å². The first-order chi connectivity index (χ1) is 17.0. The Balaban J connectivity index is 1.95. The molecule has 0 aliphatic carbocycles. The number of nitrogens with one attached hydrogen (secondary N) is 1. The lowest BCUT2D eigenvalue weighted by atomic mass is 9.87. The molecule has 2 aromatic rings. The van der Waals surface area contributed by atoms with Crippen molar-refractivity contribution in [3.8, 4) is 6.07 Å². The lowest BCUT2D eigenvalue weighted by Crippen LogP contribution is -2.31. The summed E-state index contributed by atoms with van der Waals surface area (Å²) in [4.78, 5) is 27.2. The van der Waals surface area contributed by atoms with Crippen LogP contribution in [-0.2, 0) is 15.4 Å². The van der Waals surface area contributed by atoms with Crippen LogP contribution in [0.1, 0.15) is 47.1 Å². The molecule has 2 aromatic carbocycles. The van der Waals surface area contributed by atoms with Crippen molar-refractivity contribution < 1.29 is 23.2 Å². The third kappa shape index (κ3) is 5.17. The maximum atomic E-state index is 13.2. The molecular formula is C25H23ClN4O5S. The average molecular weight is 527 g/mol. The molecule has 0 saturated carbocycles. The van der Waals surface area contributed by atoms with Crippen molar-refractivity contribution in [1.82, 2.24) is 4.90 Å². The summed E-state index contributed by atoms with van der Waals surface area (Å²) in [6.45, 7) is 5.05. The number of nitriles is 1. The largest absolute Gasteiger partial charge is 0.411 e. The van der Waals surface area contributed by atoms with Gasteiger partial charge in [0.05, 0.1) is 51.0 Å². The van der Waals surface area contributed by atoms with Gasteiger partial charge in [0.25, 0.3) is 21.8 Å². The van der Waals surface area contributed by atoms with Crippen LogP contribution in [-0.4, -0.2) is 43.1 Å². The minimum absolute atomic E-state index is 0.0156. The predicted octanol–water partition coefficient (Wildman–Crippen LogP) is 4.50. The van der Waals surface area contributed by atoms with Crippen molar-refractivity contribution in [2.75, 3.05) is 11.3 Å². The summed E-state index contributed by atoms with van der Waals surface area (Å²) < 4.78 is 28.6. The van der Waals surface area contributed by atoms with Gasteiger partial charge in [0, 0.05) is 0 Å². The van der Waals surface area contributed by atoms with Gasteiger partial charge in [-0.25, -0.2) is 8.42 Å². The zero-order valence-electron chi connectivity index (χ0n) is 19.7. The molecule has 0 radical (unpaired) electrons. The molecule has 3 rings (SSSR count). The molecule has 0 bridgehead atoms. The van der Waals surface area contributed by atoms with E-state index in [4.69, 9.17) is 16.8 Å². The summed E-state index contributed by atoms with van der Waals surface area (Å²) in [7, 11) is -4.14. The maximum Gasteiger partial charge on any atom is 0.264 e. The van der Waals surface area contributed by atoms with Gasteiger partial charge in [0.15, 0.2) is 0 Å². The van der Waals surface area contributed by atoms with E-state index in [2.05, 4.69) is 15.9 Å². The standard InChI is InChI=1S/C25H23ClN4O5S/c1-4-16(6-5-13-28-33)14-30-23(31)21-19(26)11-12-20(22(21)24(30)32)29-36(34,35)18-9-7-17(8-10-18)25(2,3)15-27/h4-13,29,33H,14H2,1-3H3/b6-5-,16-4+,28-13+. The van der Waals surface area contributed by atoms with E-state index in [0.717, 1.165) is 11.1 Å². The van der Waals surface area contributed by atoms with Crippen LogP contribution in [0.3, 0.4) is 0 Å². The Bertz CT molecular complexity index is 1450. The minimum atomic E-state index is -4.14. The van der Waals surface area contributed by atoms with E-state index >= 15 is 0 Å². The number of allylic oxidation sites excluding steroid dienone is 2. The number of sulfonamides is 1. The summed E-state index contributed by atoms with van der Waals surface area (Å²) in [5.74, 6) is -1.36. The molecule has 1 aliphatic heterocycles. The third-order valence-corrected chi connectivity index (χ3v) is 7.35. The fourth-order valence-corrected chi connectivity index (χ4v) is 4.86. The Morgan fingerprint density at radius 1 is 1.17 bits per heavy atom. The second-order valence-corrected chi connectivity index (χ2v) is 10.5. The Morgan fingerprint density at radius 2 is 1.81 bits per heavy atom. The van der Waals surface area contributed by atoms with Crippen molar-refractivity contribution in [1.29, 1.82) is 5.26 Å². The fourth-order valence-electron chi connectivity index (χ4n) is 3.55. The molecule has 0 spiro atoms. The quantitative estimate of drug-likeness (QED) is 0.170. The molecule has 9 nitrogen and oxygen atoms in total. The normalized spacial score (nSPS) is 14.5. The molecule has 1 aliphatic rings. The average Bonchev–Trinajstić information content (AvgIpc) is 3.11. The lowest BCUT2D eigenvalue weighted by molar-refractivity contribution is 0.0669. The summed E-state index contributed by atoms with van der Waals surface area (Å²) in [5, 5.41) is 20.7. The fraction of sp³-hybridized carbons (Fsp3) is 0.200. The maximum absolute atomic E-state index is 13.2. The van der Waals surface area contributed by atoms with E-state index in [-0.39, 0.29) is 33.3 Å². The highest BCUT2D eigenvalue weighted by Crippen LogP contribution is 2.36. The van der Waals surface area contributed by atoms with Gasteiger partial charge in [-0.05, 0) is 62.2 Å². The number of amides is 2. The zero-order chi connectivity index (χ0) is 26.7. The molecule has 186 valence electrons. The Labute approximate surface area is 214 Å². The van der Waals surface area contributed by atoms with E-state index in [0.29, 0.717) is 11.1 Å². The number of hydrogen-bond donors (Lipinski definition) is 2. The number of imide groups is 1. The highest BCUT2D eigenvalue weighted by molar-refractivity contribution is 7.92. The van der Waals surface area contributed by atoms with Gasteiger partial charge < -0.3 is 5.21 Å². The molecule has 0 aromatic heterocycles. The van der Waals surface area contributed by atoms with E-state index in [1.165, 1.54) is 30.3 Å². The lowest BCUT2D eigenvalue weighted by Gasteiger charge is -2.17. The molecule has 0 atom stereocenters. The second kappa shape index (κ2) is 10.4. The Kier molecular flexibility index (Phi) is 7.67. The van der Waals surface area contributed by atoms with Gasteiger partial charge >= 0.3 is 0 Å². The number of oxime groups is 1. The van der Waals surface area contributed by atoms with Crippen molar-refractivity contribution in [2.24, 2.45) is 5.16 Å². The van der Waals surface area contributed by atoms with Gasteiger partial charge in [0.2, 0.25) is 0 Å². The molecule has 0 saturated heterocycles. The molecule has 1 heterocycles. The van der Waals surface area contributed by atoms with Crippen LogP contribution in [0.15, 0.2) is 70.3 Å². The second-order valence-electron chi connectivity index (χ2n) is 8.40. The van der Waals surface area contributed by atoms with E-state index in [1.807, 2.05) is 0 Å². The number of nitrogens with zero attached hydrogens (tertiary/aromatic N) is 3. The Morgan fingerprint density at radius 3 is 2.39 bits per heavy atom. The number of halogens is 1. The molecule has 11 heteroatoms. The van der Waals surface area contributed by atoms with Gasteiger partial charge in [-0.3, -0.25) is 19.2 Å². The Hall–Kier alpha value is -3.94. The van der Waals surface area contributed by atoms with E-state index in [9.17, 15) is 23.3 Å². The number of carbonyl (C=O) groups is 2. The topological polar surface area (TPSA) is 140 Å². The van der Waals surface area contributed by atoms with Crippen molar-refractivity contribution in [3.63, 3.8) is 0 Å². The summed E-state index contributed by atoms with van der Waals surface area (Å²) in [6, 6.07) is 10.7. The van der Waals surface area contributed by atoms with Crippen molar-refractivity contribution >= 4 is 45.3 Å². The summed E-state index contributed by atoms with van der Waals surface area (Å²) in [5.41, 5.74) is 0.102. The van der Waals surface area contributed by atoms with E-state index in [1.54, 1.807) is 45.1 Å². The molecule has 2 N–H and O–H groups in total. The number of carbonyl (C=O) groups excluding carboxylic acids is 2. The number of fused-ring (bicyclic) bond motifs is 1. The smallest absolute Gasteiger partial charge is 0.264 e. The predicted molar refractivity (Wildman–Crippen MR) is 136 cm³/mol. The molecular weight excluding hydrogens is 504 g/mol. The first-order valence-corrected chi connectivity index (χ1v) is 12.6. The van der Waals surface area contributed by atoms with Crippen LogP contribution < -0.4 is 4.72 Å². The summed E-state index contributed by atoms with van der Waals surface area (Å²) >= 11 is 6.22. The zero-order valence-corrected chi connectivity index (χ0v) is 21.3. The molecule has 2 amide bonds. The van der Waals surface area contributed by atoms with Crippen molar-refractivity contribution in [2.45, 2.75) is 31.1 Å². The summed E-state index contributed by atoms with van der Waals surface area (Å²) in [6.07, 6.45) is 5.80. The third-order valence-electron chi connectivity index (χ3n) is 5.66. The number of rotatable bonds is 8. The van der Waals surface area contributed by atoms with Crippen LogP contribution in [0.4, 0.5) is 5.69 Å². The highest BCUT2D eigenvalue weighted by atomic mass is 35.5. The van der Waals surface area contributed by atoms with Crippen molar-refractivity contribution in [3.05, 3.63) is 81.9 Å². The van der Waals surface area contributed by atoms with Gasteiger partial charge in [-0.1, -0.05) is 41.0 Å². The van der Waals surface area contributed by atoms with Gasteiger partial charge in [-0.2, -0.15) is 5.26 Å². The first-order valence-electron chi connectivity index (χ1n) is 10.7. The molecule has 36 heavy (non-hydrogen) atoms. The number of hydrogen-bond acceptors (Lipinski definition) is 7. The highest BCUT2D eigenvalue weighted by Gasteiger charge is 2.40. The first kappa shape index (κ1) is 26.7. The number of benzene rings is 2. The van der Waals surface area contributed by atoms with Crippen LogP contribution in [0.5, 0.6) is 0 Å². The molecule has 0 unspecified atom stereocenters. The van der Waals surface area contributed by atoms with Crippen LogP contribution in [0, 0.1) is 11.3 Å².